The molecule has 0 unspecified atom stereocenters. The smallest absolute Gasteiger partial charge is 0.267 e. The molecule has 0 saturated carbocycles. The molecule has 112 valence electrons. The number of hydrazone groups is 1. The Balaban J connectivity index is 2.08. The second-order valence-electron chi connectivity index (χ2n) is 4.54. The normalized spacial score (nSPS) is 10.6. The zero-order valence-electron chi connectivity index (χ0n) is 11.6. The molecule has 2 aromatic carbocycles. The average Bonchev–Trinajstić information content (AvgIpc) is 2.48. The molecule has 0 aromatic heterocycles. The van der Waals surface area contributed by atoms with Crippen molar-refractivity contribution in [3.05, 3.63) is 74.3 Å². The van der Waals surface area contributed by atoms with Crippen LogP contribution in [0.2, 0.25) is 5.02 Å². The lowest BCUT2D eigenvalue weighted by atomic mass is 10.1. The molecule has 0 fully saturated rings. The van der Waals surface area contributed by atoms with E-state index in [0.29, 0.717) is 11.1 Å². The van der Waals surface area contributed by atoms with E-state index in [1.807, 2.05) is 13.0 Å². The Morgan fingerprint density at radius 1 is 1.32 bits per heavy atom. The van der Waals surface area contributed by atoms with Crippen LogP contribution in [0.15, 0.2) is 47.6 Å². The van der Waals surface area contributed by atoms with Gasteiger partial charge in [-0.1, -0.05) is 35.4 Å². The van der Waals surface area contributed by atoms with Gasteiger partial charge in [0, 0.05) is 17.2 Å². The predicted molar refractivity (Wildman–Crippen MR) is 84.3 cm³/mol. The zero-order chi connectivity index (χ0) is 16.1. The van der Waals surface area contributed by atoms with E-state index in [0.717, 1.165) is 5.56 Å². The summed E-state index contributed by atoms with van der Waals surface area (Å²) < 4.78 is 0. The fourth-order valence-corrected chi connectivity index (χ4v) is 1.95. The molecule has 6 nitrogen and oxygen atoms in total. The van der Waals surface area contributed by atoms with E-state index < -0.39 is 4.92 Å². The Morgan fingerprint density at radius 2 is 2.09 bits per heavy atom. The number of hydrogen-bond acceptors (Lipinski definition) is 4. The van der Waals surface area contributed by atoms with Crippen LogP contribution >= 0.6 is 11.6 Å². The average molecular weight is 318 g/mol. The molecule has 7 heteroatoms. The van der Waals surface area contributed by atoms with Crippen molar-refractivity contribution < 1.29 is 9.72 Å². The van der Waals surface area contributed by atoms with Crippen LogP contribution in [0.5, 0.6) is 0 Å². The lowest BCUT2D eigenvalue weighted by Crippen LogP contribution is -2.17. The number of halogens is 1. The van der Waals surface area contributed by atoms with Crippen LogP contribution < -0.4 is 5.43 Å². The molecule has 2 rings (SSSR count). The minimum Gasteiger partial charge on any atom is -0.267 e. The van der Waals surface area contributed by atoms with Crippen molar-refractivity contribution in [2.45, 2.75) is 6.92 Å². The minimum atomic E-state index is -0.578. The summed E-state index contributed by atoms with van der Waals surface area (Å²) in [6.07, 6.45) is 1.32. The quantitative estimate of drug-likeness (QED) is 0.533. The van der Waals surface area contributed by atoms with Gasteiger partial charge in [-0.15, -0.1) is 0 Å². The molecule has 0 atom stereocenters. The van der Waals surface area contributed by atoms with E-state index in [-0.39, 0.29) is 16.6 Å². The van der Waals surface area contributed by atoms with E-state index >= 15 is 0 Å². The molecule has 22 heavy (non-hydrogen) atoms. The van der Waals surface area contributed by atoms with Crippen LogP contribution in [0.4, 0.5) is 5.69 Å². The summed E-state index contributed by atoms with van der Waals surface area (Å²) in [7, 11) is 0. The van der Waals surface area contributed by atoms with Crippen LogP contribution in [-0.2, 0) is 0 Å². The van der Waals surface area contributed by atoms with E-state index in [1.165, 1.54) is 18.3 Å². The summed E-state index contributed by atoms with van der Waals surface area (Å²) in [6.45, 7) is 1.88. The summed E-state index contributed by atoms with van der Waals surface area (Å²) in [4.78, 5) is 22.1. The third-order valence-electron chi connectivity index (χ3n) is 2.83. The van der Waals surface area contributed by atoms with Gasteiger partial charge in [0.05, 0.1) is 11.1 Å². The number of nitrogens with zero attached hydrogens (tertiary/aromatic N) is 2. The molecule has 1 amide bonds. The molecule has 0 aliphatic rings. The van der Waals surface area contributed by atoms with Crippen LogP contribution in [0.25, 0.3) is 0 Å². The summed E-state index contributed by atoms with van der Waals surface area (Å²) >= 11 is 5.71. The molecule has 0 saturated heterocycles. The van der Waals surface area contributed by atoms with E-state index in [9.17, 15) is 14.9 Å². The number of nitrogens with one attached hydrogen (secondary N) is 1. The Labute approximate surface area is 131 Å². The largest absolute Gasteiger partial charge is 0.288 e. The number of nitro groups is 1. The molecule has 1 N–H and O–H groups in total. The van der Waals surface area contributed by atoms with E-state index in [4.69, 9.17) is 11.6 Å². The van der Waals surface area contributed by atoms with Crippen molar-refractivity contribution in [1.82, 2.24) is 5.43 Å². The van der Waals surface area contributed by atoms with Gasteiger partial charge in [-0.05, 0) is 25.1 Å². The third kappa shape index (κ3) is 3.89. The maximum absolute atomic E-state index is 11.9. The molecule has 0 spiro atoms. The fourth-order valence-electron chi connectivity index (χ4n) is 1.77. The maximum Gasteiger partial charge on any atom is 0.288 e. The highest BCUT2D eigenvalue weighted by molar-refractivity contribution is 6.32. The first-order valence-corrected chi connectivity index (χ1v) is 6.69. The number of amides is 1. The second-order valence-corrected chi connectivity index (χ2v) is 4.94. The van der Waals surface area contributed by atoms with Crippen molar-refractivity contribution in [2.75, 3.05) is 0 Å². The highest BCUT2D eigenvalue weighted by Crippen LogP contribution is 2.24. The number of carbonyl (C=O) groups excluding carboxylic acids is 1. The Bertz CT molecular complexity index is 759. The number of nitro benzene ring substituents is 1. The van der Waals surface area contributed by atoms with Crippen LogP contribution in [0.3, 0.4) is 0 Å². The summed E-state index contributed by atoms with van der Waals surface area (Å²) in [5.41, 5.74) is 4.06. The van der Waals surface area contributed by atoms with Gasteiger partial charge in [0.25, 0.3) is 11.6 Å². The lowest BCUT2D eigenvalue weighted by molar-refractivity contribution is -0.384. The van der Waals surface area contributed by atoms with Crippen molar-refractivity contribution in [1.29, 1.82) is 0 Å². The highest BCUT2D eigenvalue weighted by Gasteiger charge is 2.11. The standard InChI is InChI=1S/C15H12ClN3O3/c1-10-3-2-4-12(7-10)15(20)18-17-9-11-5-6-13(16)14(8-11)19(21)22/h2-9H,1H3,(H,18,20)/b17-9-. The molecule has 0 aliphatic carbocycles. The van der Waals surface area contributed by atoms with Crippen molar-refractivity contribution in [2.24, 2.45) is 5.10 Å². The van der Waals surface area contributed by atoms with Crippen LogP contribution in [0.1, 0.15) is 21.5 Å². The van der Waals surface area contributed by atoms with Crippen molar-refractivity contribution in [3.63, 3.8) is 0 Å². The van der Waals surface area contributed by atoms with Gasteiger partial charge in [-0.25, -0.2) is 5.43 Å². The second kappa shape index (κ2) is 6.82. The molecule has 0 radical (unpaired) electrons. The number of benzene rings is 2. The zero-order valence-corrected chi connectivity index (χ0v) is 12.4. The number of aryl methyl sites for hydroxylation is 1. The molecule has 2 aromatic rings. The van der Waals surface area contributed by atoms with Gasteiger partial charge in [0.15, 0.2) is 0 Å². The monoisotopic (exact) mass is 317 g/mol. The number of rotatable bonds is 4. The first kappa shape index (κ1) is 15.7. The number of hydrogen-bond donors (Lipinski definition) is 1. The predicted octanol–water partition coefficient (Wildman–Crippen LogP) is 3.32. The summed E-state index contributed by atoms with van der Waals surface area (Å²) in [5, 5.41) is 14.6. The third-order valence-corrected chi connectivity index (χ3v) is 3.15. The van der Waals surface area contributed by atoms with Crippen LogP contribution in [-0.4, -0.2) is 17.0 Å². The highest BCUT2D eigenvalue weighted by atomic mass is 35.5. The Morgan fingerprint density at radius 3 is 2.77 bits per heavy atom. The Kier molecular flexibility index (Phi) is 4.85. The molecular weight excluding hydrogens is 306 g/mol. The molecule has 0 bridgehead atoms. The topological polar surface area (TPSA) is 84.6 Å². The summed E-state index contributed by atoms with van der Waals surface area (Å²) in [5.74, 6) is -0.358. The minimum absolute atomic E-state index is 0.0472. The van der Waals surface area contributed by atoms with Gasteiger partial charge < -0.3 is 0 Å². The van der Waals surface area contributed by atoms with Crippen LogP contribution in [0, 0.1) is 17.0 Å². The molecular formula is C15H12ClN3O3. The summed E-state index contributed by atoms with van der Waals surface area (Å²) in [6, 6.07) is 11.3. The lowest BCUT2D eigenvalue weighted by Gasteiger charge is -2.01. The van der Waals surface area contributed by atoms with Gasteiger partial charge in [-0.2, -0.15) is 5.10 Å². The maximum atomic E-state index is 11.9. The first-order chi connectivity index (χ1) is 10.5. The van der Waals surface area contributed by atoms with E-state index in [1.54, 1.807) is 24.3 Å². The Hall–Kier alpha value is -2.73. The first-order valence-electron chi connectivity index (χ1n) is 6.31. The van der Waals surface area contributed by atoms with Gasteiger partial charge in [0.1, 0.15) is 5.02 Å². The van der Waals surface area contributed by atoms with Crippen molar-refractivity contribution >= 4 is 29.4 Å². The molecule has 0 aliphatic heterocycles. The molecule has 0 heterocycles. The van der Waals surface area contributed by atoms with Crippen molar-refractivity contribution in [3.8, 4) is 0 Å². The van der Waals surface area contributed by atoms with E-state index in [2.05, 4.69) is 10.5 Å². The fraction of sp³-hybridized carbons (Fsp3) is 0.0667. The van der Waals surface area contributed by atoms with Gasteiger partial charge in [0.2, 0.25) is 0 Å². The SMILES string of the molecule is Cc1cccc(C(=O)N/N=C\c2ccc(Cl)c([N+](=O)[O-])c2)c1. The van der Waals surface area contributed by atoms with Gasteiger partial charge in [-0.3, -0.25) is 14.9 Å². The number of carbonyl (C=O) groups is 1. The van der Waals surface area contributed by atoms with Gasteiger partial charge >= 0.3 is 0 Å².